The molecule has 2 amide bonds. The Labute approximate surface area is 163 Å². The highest BCUT2D eigenvalue weighted by atomic mass is 16.3. The molecule has 8 heteroatoms. The number of nitrogens with zero attached hydrogens (tertiary/aromatic N) is 4. The lowest BCUT2D eigenvalue weighted by Crippen LogP contribution is -2.59. The molecule has 1 aliphatic carbocycles. The minimum absolute atomic E-state index is 0.0846. The van der Waals surface area contributed by atoms with Crippen LogP contribution in [0.5, 0.6) is 0 Å². The number of amides is 2. The van der Waals surface area contributed by atoms with Crippen molar-refractivity contribution in [2.75, 3.05) is 19.6 Å². The molecular formula is C20H25N5O3. The Morgan fingerprint density at radius 1 is 1.25 bits per heavy atom. The van der Waals surface area contributed by atoms with Crippen molar-refractivity contribution in [3.8, 4) is 0 Å². The maximum Gasteiger partial charge on any atom is 0.276 e. The second-order valence-electron chi connectivity index (χ2n) is 8.05. The lowest BCUT2D eigenvalue weighted by atomic mass is 9.78. The zero-order valence-corrected chi connectivity index (χ0v) is 16.1. The highest BCUT2D eigenvalue weighted by Crippen LogP contribution is 2.45. The number of piperidine rings is 1. The molecule has 1 saturated heterocycles. The third-order valence-electron chi connectivity index (χ3n) is 6.50. The van der Waals surface area contributed by atoms with Crippen LogP contribution in [-0.4, -0.2) is 56.2 Å². The molecule has 0 unspecified atom stereocenters. The van der Waals surface area contributed by atoms with Crippen LogP contribution in [0.1, 0.15) is 60.2 Å². The average molecular weight is 383 g/mol. The number of fused-ring (bicyclic) bond motifs is 2. The van der Waals surface area contributed by atoms with Crippen LogP contribution in [0.2, 0.25) is 0 Å². The first-order valence-electron chi connectivity index (χ1n) is 10.2. The molecule has 3 aliphatic rings. The first-order chi connectivity index (χ1) is 13.6. The predicted octanol–water partition coefficient (Wildman–Crippen LogP) is 1.89. The highest BCUT2D eigenvalue weighted by molar-refractivity contribution is 5.93. The lowest BCUT2D eigenvalue weighted by molar-refractivity contribution is -0.143. The number of aromatic nitrogens is 3. The zero-order chi connectivity index (χ0) is 19.3. The molecule has 2 aromatic heterocycles. The zero-order valence-electron chi connectivity index (χ0n) is 16.1. The molecule has 5 rings (SSSR count). The molecule has 0 aromatic carbocycles. The number of carbonyl (C=O) groups is 2. The summed E-state index contributed by atoms with van der Waals surface area (Å²) in [6.45, 7) is 3.83. The van der Waals surface area contributed by atoms with Gasteiger partial charge in [0.15, 0.2) is 12.1 Å². The van der Waals surface area contributed by atoms with E-state index in [1.54, 1.807) is 6.33 Å². The van der Waals surface area contributed by atoms with Gasteiger partial charge in [0.25, 0.3) is 5.91 Å². The summed E-state index contributed by atoms with van der Waals surface area (Å²) in [4.78, 5) is 41.9. The van der Waals surface area contributed by atoms with Crippen LogP contribution in [0.25, 0.3) is 0 Å². The molecule has 0 bridgehead atoms. The predicted molar refractivity (Wildman–Crippen MR) is 99.4 cm³/mol. The van der Waals surface area contributed by atoms with E-state index < -0.39 is 5.54 Å². The average Bonchev–Trinajstić information content (AvgIpc) is 3.26. The third kappa shape index (κ3) is 2.57. The Kier molecular flexibility index (Phi) is 4.03. The molecule has 2 aliphatic heterocycles. The van der Waals surface area contributed by atoms with Gasteiger partial charge in [-0.05, 0) is 25.7 Å². The Morgan fingerprint density at radius 2 is 2.04 bits per heavy atom. The summed E-state index contributed by atoms with van der Waals surface area (Å²) in [5, 5.41) is 0. The maximum absolute atomic E-state index is 13.0. The number of nitrogens with one attached hydrogen (secondary N) is 1. The summed E-state index contributed by atoms with van der Waals surface area (Å²) in [5.41, 5.74) is 2.13. The van der Waals surface area contributed by atoms with E-state index in [2.05, 4.69) is 19.9 Å². The van der Waals surface area contributed by atoms with Gasteiger partial charge >= 0.3 is 0 Å². The van der Waals surface area contributed by atoms with Crippen molar-refractivity contribution in [1.82, 2.24) is 24.8 Å². The molecule has 0 atom stereocenters. The Bertz CT molecular complexity index is 905. The molecule has 2 aromatic rings. The van der Waals surface area contributed by atoms with Crippen molar-refractivity contribution < 1.29 is 14.0 Å². The molecule has 4 heterocycles. The van der Waals surface area contributed by atoms with E-state index in [-0.39, 0.29) is 17.7 Å². The van der Waals surface area contributed by atoms with Gasteiger partial charge in [0.1, 0.15) is 5.76 Å². The van der Waals surface area contributed by atoms with E-state index in [0.717, 1.165) is 37.2 Å². The first kappa shape index (κ1) is 17.5. The summed E-state index contributed by atoms with van der Waals surface area (Å²) in [6, 6.07) is 0. The second-order valence-corrected chi connectivity index (χ2v) is 8.05. The first-order valence-corrected chi connectivity index (χ1v) is 10.2. The van der Waals surface area contributed by atoms with Gasteiger partial charge in [-0.2, -0.15) is 0 Å². The normalized spacial score (nSPS) is 21.0. The number of H-pyrrole nitrogens is 1. The fourth-order valence-corrected chi connectivity index (χ4v) is 4.78. The quantitative estimate of drug-likeness (QED) is 0.873. The summed E-state index contributed by atoms with van der Waals surface area (Å²) < 4.78 is 5.33. The molecular weight excluding hydrogens is 358 g/mol. The minimum atomic E-state index is -0.401. The smallest absolute Gasteiger partial charge is 0.276 e. The number of oxazole rings is 1. The van der Waals surface area contributed by atoms with Crippen LogP contribution in [0, 0.1) is 5.92 Å². The van der Waals surface area contributed by atoms with Gasteiger partial charge in [-0.1, -0.05) is 6.92 Å². The molecule has 148 valence electrons. The van der Waals surface area contributed by atoms with E-state index in [1.807, 2.05) is 11.8 Å². The molecule has 28 heavy (non-hydrogen) atoms. The number of rotatable bonds is 3. The SMILES string of the molecule is CCc1ocnc1C(=O)N1CCC2(CC1)c1nc[nH]c1CCN2C(=O)C1CC1. The van der Waals surface area contributed by atoms with E-state index in [0.29, 0.717) is 43.8 Å². The van der Waals surface area contributed by atoms with E-state index in [9.17, 15) is 9.59 Å². The molecule has 1 spiro atoms. The van der Waals surface area contributed by atoms with Crippen LogP contribution in [0.3, 0.4) is 0 Å². The van der Waals surface area contributed by atoms with Crippen LogP contribution < -0.4 is 0 Å². The summed E-state index contributed by atoms with van der Waals surface area (Å²) in [7, 11) is 0. The van der Waals surface area contributed by atoms with Crippen LogP contribution in [-0.2, 0) is 23.2 Å². The minimum Gasteiger partial charge on any atom is -0.448 e. The summed E-state index contributed by atoms with van der Waals surface area (Å²) >= 11 is 0. The van der Waals surface area contributed by atoms with Crippen LogP contribution >= 0.6 is 0 Å². The standard InChI is InChI=1S/C20H25N5O3/c1-2-15-16(23-12-28-15)19(27)24-9-6-20(7-10-24)17-14(21-11-22-17)5-8-25(20)18(26)13-3-4-13/h11-13H,2-10H2,1H3,(H,21,22). The maximum atomic E-state index is 13.0. The van der Waals surface area contributed by atoms with Gasteiger partial charge in [-0.3, -0.25) is 9.59 Å². The fourth-order valence-electron chi connectivity index (χ4n) is 4.78. The topological polar surface area (TPSA) is 95.3 Å². The number of imidazole rings is 1. The number of likely N-dealkylation sites (tertiary alicyclic amines) is 1. The van der Waals surface area contributed by atoms with Gasteiger partial charge in [-0.15, -0.1) is 0 Å². The number of aromatic amines is 1. The van der Waals surface area contributed by atoms with Gasteiger partial charge < -0.3 is 19.2 Å². The van der Waals surface area contributed by atoms with E-state index in [1.165, 1.54) is 6.39 Å². The van der Waals surface area contributed by atoms with Crippen molar-refractivity contribution in [3.63, 3.8) is 0 Å². The third-order valence-corrected chi connectivity index (χ3v) is 6.50. The van der Waals surface area contributed by atoms with Gasteiger partial charge in [0.05, 0.1) is 17.6 Å². The van der Waals surface area contributed by atoms with Gasteiger partial charge in [-0.25, -0.2) is 9.97 Å². The number of hydrogen-bond acceptors (Lipinski definition) is 5. The number of hydrogen-bond donors (Lipinski definition) is 1. The van der Waals surface area contributed by atoms with Crippen molar-refractivity contribution in [2.45, 2.75) is 51.0 Å². The van der Waals surface area contributed by atoms with Gasteiger partial charge in [0.2, 0.25) is 5.91 Å². The Balaban J connectivity index is 1.41. The van der Waals surface area contributed by atoms with Crippen molar-refractivity contribution in [2.24, 2.45) is 5.92 Å². The van der Waals surface area contributed by atoms with Crippen molar-refractivity contribution in [3.05, 3.63) is 35.6 Å². The van der Waals surface area contributed by atoms with Crippen molar-refractivity contribution in [1.29, 1.82) is 0 Å². The molecule has 2 fully saturated rings. The van der Waals surface area contributed by atoms with Crippen molar-refractivity contribution >= 4 is 11.8 Å². The number of carbonyl (C=O) groups excluding carboxylic acids is 2. The Hall–Kier alpha value is -2.64. The van der Waals surface area contributed by atoms with Crippen LogP contribution in [0.4, 0.5) is 0 Å². The largest absolute Gasteiger partial charge is 0.448 e. The van der Waals surface area contributed by atoms with E-state index >= 15 is 0 Å². The second kappa shape index (κ2) is 6.46. The van der Waals surface area contributed by atoms with Gasteiger partial charge in [0, 0.05) is 44.1 Å². The lowest BCUT2D eigenvalue weighted by Gasteiger charge is -2.50. The monoisotopic (exact) mass is 383 g/mol. The Morgan fingerprint density at radius 3 is 2.75 bits per heavy atom. The van der Waals surface area contributed by atoms with E-state index in [4.69, 9.17) is 4.42 Å². The highest BCUT2D eigenvalue weighted by Gasteiger charge is 2.51. The fraction of sp³-hybridized carbons (Fsp3) is 0.600. The summed E-state index contributed by atoms with van der Waals surface area (Å²) in [6.07, 6.45) is 7.92. The number of aryl methyl sites for hydroxylation is 1. The molecule has 1 N–H and O–H groups in total. The summed E-state index contributed by atoms with van der Waals surface area (Å²) in [5.74, 6) is 0.985. The van der Waals surface area contributed by atoms with Crippen LogP contribution in [0.15, 0.2) is 17.1 Å². The molecule has 8 nitrogen and oxygen atoms in total. The molecule has 1 saturated carbocycles. The molecule has 0 radical (unpaired) electrons.